The zero-order valence-corrected chi connectivity index (χ0v) is 15.2. The Morgan fingerprint density at radius 1 is 0.593 bits per heavy atom. The van der Waals surface area contributed by atoms with Crippen molar-refractivity contribution < 1.29 is 9.59 Å². The van der Waals surface area contributed by atoms with Crippen LogP contribution in [0.1, 0.15) is 11.1 Å². The van der Waals surface area contributed by atoms with E-state index in [2.05, 4.69) is 16.0 Å². The van der Waals surface area contributed by atoms with Gasteiger partial charge in [-0.25, -0.2) is 0 Å². The molecule has 0 aliphatic rings. The number of anilines is 4. The van der Waals surface area contributed by atoms with Crippen LogP contribution in [-0.4, -0.2) is 11.8 Å². The summed E-state index contributed by atoms with van der Waals surface area (Å²) in [4.78, 5) is 24.4. The summed E-state index contributed by atoms with van der Waals surface area (Å²) in [7, 11) is 0. The maximum Gasteiger partial charge on any atom is 0.314 e. The molecule has 5 heteroatoms. The van der Waals surface area contributed by atoms with Crippen molar-refractivity contribution in [2.24, 2.45) is 0 Å². The smallest absolute Gasteiger partial charge is 0.314 e. The molecular weight excluding hydrogens is 338 g/mol. The van der Waals surface area contributed by atoms with E-state index >= 15 is 0 Å². The Morgan fingerprint density at radius 2 is 1.11 bits per heavy atom. The van der Waals surface area contributed by atoms with Crippen molar-refractivity contribution in [3.8, 4) is 0 Å². The van der Waals surface area contributed by atoms with Gasteiger partial charge in [-0.1, -0.05) is 36.4 Å². The Morgan fingerprint density at radius 3 is 1.74 bits per heavy atom. The predicted octanol–water partition coefficient (Wildman–Crippen LogP) is 4.62. The van der Waals surface area contributed by atoms with Gasteiger partial charge in [-0.2, -0.15) is 0 Å². The van der Waals surface area contributed by atoms with E-state index in [0.717, 1.165) is 22.5 Å². The molecule has 0 saturated heterocycles. The van der Waals surface area contributed by atoms with Crippen LogP contribution in [0.5, 0.6) is 0 Å². The highest BCUT2D eigenvalue weighted by molar-refractivity contribution is 6.43. The first kappa shape index (κ1) is 18.2. The molecule has 0 unspecified atom stereocenters. The molecule has 0 fully saturated rings. The second-order valence-electron chi connectivity index (χ2n) is 6.24. The molecule has 0 bridgehead atoms. The van der Waals surface area contributed by atoms with Crippen LogP contribution in [0.2, 0.25) is 0 Å². The highest BCUT2D eigenvalue weighted by atomic mass is 16.2. The van der Waals surface area contributed by atoms with Crippen molar-refractivity contribution >= 4 is 34.6 Å². The lowest BCUT2D eigenvalue weighted by atomic mass is 10.1. The normalized spacial score (nSPS) is 10.1. The summed E-state index contributed by atoms with van der Waals surface area (Å²) in [6.07, 6.45) is 0. The third-order valence-electron chi connectivity index (χ3n) is 4.13. The number of carbonyl (C=O) groups excluding carboxylic acids is 2. The number of hydrogen-bond donors (Lipinski definition) is 3. The first-order valence-corrected chi connectivity index (χ1v) is 8.63. The molecule has 3 aromatic carbocycles. The van der Waals surface area contributed by atoms with Crippen molar-refractivity contribution in [2.75, 3.05) is 16.0 Å². The lowest BCUT2D eigenvalue weighted by Gasteiger charge is -2.12. The van der Waals surface area contributed by atoms with E-state index in [0.29, 0.717) is 11.4 Å². The zero-order chi connectivity index (χ0) is 19.2. The minimum absolute atomic E-state index is 0.551. The van der Waals surface area contributed by atoms with Gasteiger partial charge in [0.15, 0.2) is 0 Å². The van der Waals surface area contributed by atoms with Crippen LogP contribution in [0.25, 0.3) is 0 Å². The first-order chi connectivity index (χ1) is 13.0. The van der Waals surface area contributed by atoms with Gasteiger partial charge in [-0.15, -0.1) is 0 Å². The average molecular weight is 359 g/mol. The van der Waals surface area contributed by atoms with E-state index in [1.807, 2.05) is 74.5 Å². The van der Waals surface area contributed by atoms with E-state index in [1.165, 1.54) is 0 Å². The summed E-state index contributed by atoms with van der Waals surface area (Å²) < 4.78 is 0. The van der Waals surface area contributed by atoms with Gasteiger partial charge in [-0.3, -0.25) is 9.59 Å². The van der Waals surface area contributed by atoms with E-state index in [9.17, 15) is 9.59 Å². The number of amides is 2. The summed E-state index contributed by atoms with van der Waals surface area (Å²) >= 11 is 0. The Balaban J connectivity index is 1.61. The molecule has 0 heterocycles. The van der Waals surface area contributed by atoms with Crippen molar-refractivity contribution in [1.29, 1.82) is 0 Å². The van der Waals surface area contributed by atoms with Gasteiger partial charge in [0, 0.05) is 22.7 Å². The van der Waals surface area contributed by atoms with Crippen LogP contribution in [0, 0.1) is 13.8 Å². The van der Waals surface area contributed by atoms with Gasteiger partial charge < -0.3 is 16.0 Å². The fourth-order valence-electron chi connectivity index (χ4n) is 2.69. The van der Waals surface area contributed by atoms with Crippen LogP contribution in [0.3, 0.4) is 0 Å². The molecule has 0 spiro atoms. The van der Waals surface area contributed by atoms with Gasteiger partial charge in [-0.05, 0) is 61.4 Å². The highest BCUT2D eigenvalue weighted by Gasteiger charge is 2.16. The summed E-state index contributed by atoms with van der Waals surface area (Å²) in [5.41, 5.74) is 4.90. The van der Waals surface area contributed by atoms with Crippen LogP contribution >= 0.6 is 0 Å². The van der Waals surface area contributed by atoms with Crippen molar-refractivity contribution in [3.63, 3.8) is 0 Å². The number of carbonyl (C=O) groups is 2. The lowest BCUT2D eigenvalue weighted by Crippen LogP contribution is -2.29. The van der Waals surface area contributed by atoms with Crippen LogP contribution in [0.4, 0.5) is 22.7 Å². The predicted molar refractivity (Wildman–Crippen MR) is 109 cm³/mol. The largest absolute Gasteiger partial charge is 0.356 e. The minimum Gasteiger partial charge on any atom is -0.356 e. The highest BCUT2D eigenvalue weighted by Crippen LogP contribution is 2.20. The van der Waals surface area contributed by atoms with Gasteiger partial charge >= 0.3 is 11.8 Å². The fourth-order valence-corrected chi connectivity index (χ4v) is 2.69. The van der Waals surface area contributed by atoms with E-state index in [-0.39, 0.29) is 0 Å². The number of aryl methyl sites for hydroxylation is 2. The van der Waals surface area contributed by atoms with Crippen LogP contribution in [0.15, 0.2) is 72.8 Å². The molecule has 0 aromatic heterocycles. The third kappa shape index (κ3) is 4.73. The van der Waals surface area contributed by atoms with E-state index < -0.39 is 11.8 Å². The number of para-hydroxylation sites is 2. The molecule has 5 nitrogen and oxygen atoms in total. The number of hydrogen-bond acceptors (Lipinski definition) is 3. The standard InChI is InChI=1S/C22H21N3O2/c1-15-7-6-8-16(2)20(15)25-22(27)21(26)24-19-13-11-18(12-14-19)23-17-9-4-3-5-10-17/h3-14,23H,1-2H3,(H,24,26)(H,25,27). The first-order valence-electron chi connectivity index (χ1n) is 8.63. The molecule has 136 valence electrons. The molecule has 0 aliphatic carbocycles. The van der Waals surface area contributed by atoms with Gasteiger partial charge in [0.25, 0.3) is 0 Å². The number of benzene rings is 3. The molecule has 3 aromatic rings. The van der Waals surface area contributed by atoms with E-state index in [4.69, 9.17) is 0 Å². The number of nitrogens with one attached hydrogen (secondary N) is 3. The Hall–Kier alpha value is -3.60. The van der Waals surface area contributed by atoms with Crippen molar-refractivity contribution in [1.82, 2.24) is 0 Å². The molecule has 0 saturated carbocycles. The second kappa shape index (κ2) is 8.19. The molecule has 0 atom stereocenters. The monoisotopic (exact) mass is 359 g/mol. The molecule has 3 N–H and O–H groups in total. The summed E-state index contributed by atoms with van der Waals surface area (Å²) in [6.45, 7) is 3.78. The second-order valence-corrected chi connectivity index (χ2v) is 6.24. The Bertz CT molecular complexity index is 931. The minimum atomic E-state index is -0.707. The van der Waals surface area contributed by atoms with Gasteiger partial charge in [0.1, 0.15) is 0 Å². The summed E-state index contributed by atoms with van der Waals surface area (Å²) in [5, 5.41) is 8.55. The summed E-state index contributed by atoms with van der Waals surface area (Å²) in [6, 6.07) is 22.6. The fraction of sp³-hybridized carbons (Fsp3) is 0.0909. The van der Waals surface area contributed by atoms with Crippen molar-refractivity contribution in [3.05, 3.63) is 83.9 Å². The van der Waals surface area contributed by atoms with Gasteiger partial charge in [0.2, 0.25) is 0 Å². The van der Waals surface area contributed by atoms with E-state index in [1.54, 1.807) is 12.1 Å². The number of rotatable bonds is 4. The SMILES string of the molecule is Cc1cccc(C)c1NC(=O)C(=O)Nc1ccc(Nc2ccccc2)cc1. The molecule has 3 rings (SSSR count). The third-order valence-corrected chi connectivity index (χ3v) is 4.13. The Kier molecular flexibility index (Phi) is 5.52. The quantitative estimate of drug-likeness (QED) is 0.595. The average Bonchev–Trinajstić information content (AvgIpc) is 2.67. The molecule has 0 radical (unpaired) electrons. The molecular formula is C22H21N3O2. The summed E-state index contributed by atoms with van der Waals surface area (Å²) in [5.74, 6) is -1.40. The Labute approximate surface area is 158 Å². The molecule has 27 heavy (non-hydrogen) atoms. The zero-order valence-electron chi connectivity index (χ0n) is 15.2. The van der Waals surface area contributed by atoms with Crippen LogP contribution in [-0.2, 0) is 9.59 Å². The topological polar surface area (TPSA) is 70.2 Å². The molecule has 0 aliphatic heterocycles. The maximum atomic E-state index is 12.2. The molecule has 2 amide bonds. The van der Waals surface area contributed by atoms with Gasteiger partial charge in [0.05, 0.1) is 0 Å². The maximum absolute atomic E-state index is 12.2. The van der Waals surface area contributed by atoms with Crippen LogP contribution < -0.4 is 16.0 Å². The lowest BCUT2D eigenvalue weighted by molar-refractivity contribution is -0.133. The van der Waals surface area contributed by atoms with Crippen molar-refractivity contribution in [2.45, 2.75) is 13.8 Å².